The first-order valence-electron chi connectivity index (χ1n) is 20.3. The fraction of sp³-hybridized carbons (Fsp3) is 0.151. The molecule has 0 saturated carbocycles. The van der Waals surface area contributed by atoms with Crippen molar-refractivity contribution < 1.29 is 0 Å². The summed E-state index contributed by atoms with van der Waals surface area (Å²) < 4.78 is 4.72. The Bertz CT molecular complexity index is 3190. The molecule has 0 radical (unpaired) electrons. The zero-order chi connectivity index (χ0) is 39.2. The van der Waals surface area contributed by atoms with Gasteiger partial charge in [-0.2, -0.15) is 9.97 Å². The Morgan fingerprint density at radius 3 is 1.53 bits per heavy atom. The monoisotopic (exact) mass is 749 g/mol. The van der Waals surface area contributed by atoms with Crippen molar-refractivity contribution in [3.05, 3.63) is 175 Å². The maximum absolute atomic E-state index is 5.30. The van der Waals surface area contributed by atoms with E-state index in [0.717, 1.165) is 46.3 Å². The maximum Gasteiger partial charge on any atom is 0.238 e. The molecule has 0 amide bonds. The fourth-order valence-electron chi connectivity index (χ4n) is 9.45. The van der Waals surface area contributed by atoms with Crippen LogP contribution in [0, 0.1) is 0 Å². The predicted molar refractivity (Wildman–Crippen MR) is 240 cm³/mol. The van der Waals surface area contributed by atoms with Crippen LogP contribution < -0.4 is 0 Å². The van der Waals surface area contributed by atoms with Crippen LogP contribution in [-0.2, 0) is 10.8 Å². The minimum atomic E-state index is 0.0660. The first-order valence-corrected chi connectivity index (χ1v) is 20.3. The van der Waals surface area contributed by atoms with Crippen molar-refractivity contribution in [1.82, 2.24) is 24.1 Å². The lowest BCUT2D eigenvalue weighted by Gasteiger charge is -2.42. The average Bonchev–Trinajstić information content (AvgIpc) is 3.78. The van der Waals surface area contributed by atoms with Gasteiger partial charge in [0.1, 0.15) is 0 Å². The summed E-state index contributed by atoms with van der Waals surface area (Å²) in [5, 5.41) is 4.90. The van der Waals surface area contributed by atoms with E-state index in [4.69, 9.17) is 15.0 Å². The molecule has 5 heteroatoms. The normalized spacial score (nSPS) is 14.7. The van der Waals surface area contributed by atoms with E-state index < -0.39 is 0 Å². The molecular weight excluding hydrogens is 707 g/mol. The van der Waals surface area contributed by atoms with Gasteiger partial charge in [0.2, 0.25) is 5.95 Å². The Kier molecular flexibility index (Phi) is 7.61. The summed E-state index contributed by atoms with van der Waals surface area (Å²) in [5.74, 6) is 1.86. The van der Waals surface area contributed by atoms with Crippen LogP contribution in [0.3, 0.4) is 0 Å². The van der Waals surface area contributed by atoms with Crippen molar-refractivity contribution in [3.8, 4) is 45.5 Å². The molecule has 280 valence electrons. The molecule has 5 nitrogen and oxygen atoms in total. The molecule has 3 heterocycles. The number of nitrogens with zero attached hydrogens (tertiary/aromatic N) is 5. The van der Waals surface area contributed by atoms with Crippen LogP contribution in [0.4, 0.5) is 0 Å². The SMILES string of the molecule is CC1(C)CCC(C)(C)c2cc3c(cc21)c1c2c4ccccc4n(-c4nc(-c5ccccc5)nc(-c5ccc(-c6ccccc6)cc5)n4)c2ccc1n3-c1ccccc1. The van der Waals surface area contributed by atoms with Gasteiger partial charge in [-0.15, -0.1) is 0 Å². The lowest BCUT2D eigenvalue weighted by molar-refractivity contribution is 0.332. The van der Waals surface area contributed by atoms with Crippen molar-refractivity contribution in [2.45, 2.75) is 51.4 Å². The van der Waals surface area contributed by atoms with Gasteiger partial charge < -0.3 is 4.57 Å². The van der Waals surface area contributed by atoms with Crippen LogP contribution in [0.25, 0.3) is 89.2 Å². The lowest BCUT2D eigenvalue weighted by Crippen LogP contribution is -2.33. The van der Waals surface area contributed by atoms with Crippen molar-refractivity contribution in [1.29, 1.82) is 0 Å². The lowest BCUT2D eigenvalue weighted by atomic mass is 9.63. The van der Waals surface area contributed by atoms with Gasteiger partial charge in [0.05, 0.1) is 22.1 Å². The summed E-state index contributed by atoms with van der Waals surface area (Å²) in [4.78, 5) is 15.7. The number of hydrogen-bond donors (Lipinski definition) is 0. The second-order valence-electron chi connectivity index (χ2n) is 17.2. The molecule has 0 unspecified atom stereocenters. The molecule has 7 aromatic carbocycles. The molecule has 0 fully saturated rings. The quantitative estimate of drug-likeness (QED) is 0.176. The van der Waals surface area contributed by atoms with E-state index in [1.165, 1.54) is 49.3 Å². The van der Waals surface area contributed by atoms with E-state index in [1.54, 1.807) is 0 Å². The van der Waals surface area contributed by atoms with Gasteiger partial charge in [0.25, 0.3) is 0 Å². The molecule has 58 heavy (non-hydrogen) atoms. The second kappa shape index (κ2) is 12.8. The van der Waals surface area contributed by atoms with Crippen LogP contribution in [0.2, 0.25) is 0 Å². The molecule has 0 spiro atoms. The molecule has 11 rings (SSSR count). The highest BCUT2D eigenvalue weighted by Gasteiger charge is 2.38. The van der Waals surface area contributed by atoms with Gasteiger partial charge in [-0.05, 0) is 88.4 Å². The standard InChI is InChI=1S/C53H43N5/c1-52(2)30-31-53(3,4)42-33-46-40(32-41(42)52)48-44(57(46)38-20-12-7-13-21-38)28-29-45-47(48)39-22-14-15-23-43(39)58(45)51-55-49(36-18-10-6-11-19-36)54-50(56-51)37-26-24-35(25-27-37)34-16-8-5-9-17-34/h5-29,32-33H,30-31H2,1-4H3. The maximum atomic E-state index is 5.30. The third-order valence-electron chi connectivity index (χ3n) is 12.7. The van der Waals surface area contributed by atoms with Crippen molar-refractivity contribution in [2.24, 2.45) is 0 Å². The molecule has 0 saturated heterocycles. The highest BCUT2D eigenvalue weighted by Crippen LogP contribution is 2.50. The summed E-state index contributed by atoms with van der Waals surface area (Å²) in [6, 6.07) is 58.4. The van der Waals surface area contributed by atoms with Crippen molar-refractivity contribution in [3.63, 3.8) is 0 Å². The Morgan fingerprint density at radius 2 is 0.879 bits per heavy atom. The van der Waals surface area contributed by atoms with Gasteiger partial charge >= 0.3 is 0 Å². The van der Waals surface area contributed by atoms with Crippen molar-refractivity contribution >= 4 is 43.6 Å². The molecule has 1 aliphatic carbocycles. The number of fused-ring (bicyclic) bond motifs is 8. The van der Waals surface area contributed by atoms with Crippen LogP contribution >= 0.6 is 0 Å². The third kappa shape index (κ3) is 5.33. The molecule has 0 N–H and O–H groups in total. The van der Waals surface area contributed by atoms with Gasteiger partial charge in [-0.25, -0.2) is 4.98 Å². The molecule has 0 atom stereocenters. The van der Waals surface area contributed by atoms with Crippen molar-refractivity contribution in [2.75, 3.05) is 0 Å². The molecule has 1 aliphatic rings. The first-order chi connectivity index (χ1) is 28.2. The van der Waals surface area contributed by atoms with E-state index >= 15 is 0 Å². The third-order valence-corrected chi connectivity index (χ3v) is 12.7. The summed E-state index contributed by atoms with van der Waals surface area (Å²) >= 11 is 0. The Balaban J connectivity index is 1.22. The smallest absolute Gasteiger partial charge is 0.238 e. The van der Waals surface area contributed by atoms with E-state index in [2.05, 4.69) is 176 Å². The molecular formula is C53H43N5. The topological polar surface area (TPSA) is 48.5 Å². The van der Waals surface area contributed by atoms with Gasteiger partial charge in [0.15, 0.2) is 11.6 Å². The molecule has 10 aromatic rings. The Labute approximate surface area is 338 Å². The van der Waals surface area contributed by atoms with E-state index in [9.17, 15) is 0 Å². The number of rotatable bonds is 5. The van der Waals surface area contributed by atoms with E-state index in [0.29, 0.717) is 17.6 Å². The fourth-order valence-corrected chi connectivity index (χ4v) is 9.45. The highest BCUT2D eigenvalue weighted by atomic mass is 15.2. The van der Waals surface area contributed by atoms with Crippen LogP contribution in [0.1, 0.15) is 51.7 Å². The average molecular weight is 750 g/mol. The van der Waals surface area contributed by atoms with Gasteiger partial charge in [-0.3, -0.25) is 4.57 Å². The number of hydrogen-bond acceptors (Lipinski definition) is 3. The summed E-state index contributed by atoms with van der Waals surface area (Å²) in [6.07, 6.45) is 2.32. The zero-order valence-electron chi connectivity index (χ0n) is 33.2. The second-order valence-corrected chi connectivity index (χ2v) is 17.2. The molecule has 0 aliphatic heterocycles. The Hall–Kier alpha value is -6.85. The minimum absolute atomic E-state index is 0.0660. The summed E-state index contributed by atoms with van der Waals surface area (Å²) in [6.45, 7) is 9.67. The zero-order valence-corrected chi connectivity index (χ0v) is 33.2. The Morgan fingerprint density at radius 1 is 0.397 bits per heavy atom. The largest absolute Gasteiger partial charge is 0.309 e. The van der Waals surface area contributed by atoms with Crippen LogP contribution in [0.15, 0.2) is 164 Å². The van der Waals surface area contributed by atoms with E-state index in [-0.39, 0.29) is 10.8 Å². The highest BCUT2D eigenvalue weighted by molar-refractivity contribution is 6.29. The number of benzene rings is 7. The van der Waals surface area contributed by atoms with Crippen LogP contribution in [0.5, 0.6) is 0 Å². The van der Waals surface area contributed by atoms with E-state index in [1.807, 2.05) is 24.3 Å². The first kappa shape index (κ1) is 34.4. The van der Waals surface area contributed by atoms with Gasteiger partial charge in [-0.1, -0.05) is 149 Å². The number of para-hydroxylation sites is 2. The molecule has 3 aromatic heterocycles. The summed E-state index contributed by atoms with van der Waals surface area (Å²) in [7, 11) is 0. The summed E-state index contributed by atoms with van der Waals surface area (Å²) in [5.41, 5.74) is 13.0. The minimum Gasteiger partial charge on any atom is -0.309 e. The van der Waals surface area contributed by atoms with Crippen LogP contribution in [-0.4, -0.2) is 24.1 Å². The van der Waals surface area contributed by atoms with Gasteiger partial charge in [0, 0.05) is 38.4 Å². The number of aromatic nitrogens is 5. The predicted octanol–water partition coefficient (Wildman–Crippen LogP) is 13.4. The molecule has 0 bridgehead atoms.